The van der Waals surface area contributed by atoms with E-state index in [9.17, 15) is 5.11 Å². The number of nitrogen functional groups attached to an aromatic ring is 1. The van der Waals surface area contributed by atoms with Gasteiger partial charge in [0.25, 0.3) is 0 Å². The maximum absolute atomic E-state index is 9.62. The van der Waals surface area contributed by atoms with E-state index in [0.717, 1.165) is 23.6 Å². The molecule has 0 unspecified atom stereocenters. The van der Waals surface area contributed by atoms with Crippen LogP contribution in [0.15, 0.2) is 18.2 Å². The second kappa shape index (κ2) is 4.68. The average molecular weight is 246 g/mol. The van der Waals surface area contributed by atoms with Gasteiger partial charge in [0.2, 0.25) is 0 Å². The number of hydrogen-bond donors (Lipinski definition) is 2. The summed E-state index contributed by atoms with van der Waals surface area (Å²) in [5, 5.41) is 14.0. The summed E-state index contributed by atoms with van der Waals surface area (Å²) in [6.45, 7) is 4.26. The predicted molar refractivity (Wildman–Crippen MR) is 71.1 cm³/mol. The highest BCUT2D eigenvalue weighted by atomic mass is 16.3. The minimum atomic E-state index is 0.0703. The standard InChI is InChI=1S/C13H18N4O/c1-8(2)6-12-15-13(17(3)16-12)9-4-5-10(14)11(18)7-9/h4-5,7-8,18H,6,14H2,1-3H3. The second-order valence-corrected chi connectivity index (χ2v) is 4.85. The summed E-state index contributed by atoms with van der Waals surface area (Å²) in [6.07, 6.45) is 0.842. The summed E-state index contributed by atoms with van der Waals surface area (Å²) < 4.78 is 1.72. The summed E-state index contributed by atoms with van der Waals surface area (Å²) in [5.41, 5.74) is 6.76. The van der Waals surface area contributed by atoms with Gasteiger partial charge >= 0.3 is 0 Å². The molecule has 1 heterocycles. The molecule has 2 aromatic rings. The van der Waals surface area contributed by atoms with Gasteiger partial charge in [-0.1, -0.05) is 13.8 Å². The van der Waals surface area contributed by atoms with Gasteiger partial charge in [-0.2, -0.15) is 5.10 Å². The molecule has 0 saturated carbocycles. The van der Waals surface area contributed by atoms with E-state index in [1.54, 1.807) is 16.8 Å². The zero-order valence-electron chi connectivity index (χ0n) is 10.9. The minimum absolute atomic E-state index is 0.0703. The van der Waals surface area contributed by atoms with Crippen molar-refractivity contribution < 1.29 is 5.11 Å². The van der Waals surface area contributed by atoms with Crippen LogP contribution < -0.4 is 5.73 Å². The van der Waals surface area contributed by atoms with Gasteiger partial charge < -0.3 is 10.8 Å². The van der Waals surface area contributed by atoms with Crippen LogP contribution >= 0.6 is 0 Å². The molecule has 5 nitrogen and oxygen atoms in total. The van der Waals surface area contributed by atoms with E-state index in [2.05, 4.69) is 23.9 Å². The maximum atomic E-state index is 9.62. The highest BCUT2D eigenvalue weighted by molar-refractivity contribution is 5.64. The van der Waals surface area contributed by atoms with Crippen molar-refractivity contribution in [1.82, 2.24) is 14.8 Å². The summed E-state index contributed by atoms with van der Waals surface area (Å²) in [5.74, 6) is 2.14. The van der Waals surface area contributed by atoms with Crippen molar-refractivity contribution in [2.45, 2.75) is 20.3 Å². The largest absolute Gasteiger partial charge is 0.506 e. The number of hydrogen-bond acceptors (Lipinski definition) is 4. The number of aromatic nitrogens is 3. The Balaban J connectivity index is 2.38. The van der Waals surface area contributed by atoms with Crippen molar-refractivity contribution in [3.8, 4) is 17.1 Å². The van der Waals surface area contributed by atoms with Gasteiger partial charge in [0, 0.05) is 19.0 Å². The molecular formula is C13H18N4O. The number of nitrogens with zero attached hydrogens (tertiary/aromatic N) is 3. The predicted octanol–water partition coefficient (Wildman–Crippen LogP) is 1.97. The number of phenolic OH excluding ortho intramolecular Hbond substituents is 1. The van der Waals surface area contributed by atoms with Gasteiger partial charge in [0.05, 0.1) is 5.69 Å². The Hall–Kier alpha value is -2.04. The van der Waals surface area contributed by atoms with E-state index in [4.69, 9.17) is 5.73 Å². The van der Waals surface area contributed by atoms with Gasteiger partial charge in [-0.25, -0.2) is 9.67 Å². The fourth-order valence-corrected chi connectivity index (χ4v) is 1.82. The van der Waals surface area contributed by atoms with Gasteiger partial charge in [-0.3, -0.25) is 0 Å². The lowest BCUT2D eigenvalue weighted by Gasteiger charge is -2.02. The molecule has 2 rings (SSSR count). The molecule has 0 spiro atoms. The molecule has 96 valence electrons. The smallest absolute Gasteiger partial charge is 0.158 e. The normalized spacial score (nSPS) is 11.1. The van der Waals surface area contributed by atoms with Crippen LogP contribution in [0.4, 0.5) is 5.69 Å². The molecule has 0 fully saturated rings. The third kappa shape index (κ3) is 2.45. The quantitative estimate of drug-likeness (QED) is 0.641. The monoisotopic (exact) mass is 246 g/mol. The first-order valence-electron chi connectivity index (χ1n) is 5.96. The van der Waals surface area contributed by atoms with E-state index >= 15 is 0 Å². The third-order valence-electron chi connectivity index (χ3n) is 2.69. The third-order valence-corrected chi connectivity index (χ3v) is 2.69. The van der Waals surface area contributed by atoms with Crippen LogP contribution in [0.3, 0.4) is 0 Å². The number of aryl methyl sites for hydroxylation is 1. The van der Waals surface area contributed by atoms with Crippen LogP contribution in [-0.4, -0.2) is 19.9 Å². The molecular weight excluding hydrogens is 228 g/mol. The van der Waals surface area contributed by atoms with Gasteiger partial charge in [-0.05, 0) is 24.1 Å². The molecule has 18 heavy (non-hydrogen) atoms. The topological polar surface area (TPSA) is 77.0 Å². The summed E-state index contributed by atoms with van der Waals surface area (Å²) in [4.78, 5) is 4.49. The summed E-state index contributed by atoms with van der Waals surface area (Å²) in [7, 11) is 1.85. The van der Waals surface area contributed by atoms with Gasteiger partial charge in [0.15, 0.2) is 11.6 Å². The SMILES string of the molecule is CC(C)Cc1nc(-c2ccc(N)c(O)c2)n(C)n1. The van der Waals surface area contributed by atoms with Gasteiger partial charge in [-0.15, -0.1) is 0 Å². The lowest BCUT2D eigenvalue weighted by atomic mass is 10.1. The Kier molecular flexibility index (Phi) is 3.23. The minimum Gasteiger partial charge on any atom is -0.506 e. The van der Waals surface area contributed by atoms with Crippen LogP contribution in [0, 0.1) is 5.92 Å². The van der Waals surface area contributed by atoms with Crippen molar-refractivity contribution in [2.24, 2.45) is 13.0 Å². The Morgan fingerprint density at radius 2 is 2.11 bits per heavy atom. The van der Waals surface area contributed by atoms with Crippen LogP contribution in [-0.2, 0) is 13.5 Å². The fraction of sp³-hybridized carbons (Fsp3) is 0.385. The van der Waals surface area contributed by atoms with Crippen molar-refractivity contribution in [3.63, 3.8) is 0 Å². The average Bonchev–Trinajstić information content (AvgIpc) is 2.62. The van der Waals surface area contributed by atoms with Crippen molar-refractivity contribution >= 4 is 5.69 Å². The zero-order valence-corrected chi connectivity index (χ0v) is 10.9. The molecule has 0 saturated heterocycles. The summed E-state index contributed by atoms with van der Waals surface area (Å²) in [6, 6.07) is 5.11. The van der Waals surface area contributed by atoms with Crippen LogP contribution in [0.5, 0.6) is 5.75 Å². The molecule has 5 heteroatoms. The highest BCUT2D eigenvalue weighted by Crippen LogP contribution is 2.26. The number of nitrogens with two attached hydrogens (primary N) is 1. The molecule has 0 atom stereocenters. The maximum Gasteiger partial charge on any atom is 0.158 e. The Labute approximate surface area is 106 Å². The van der Waals surface area contributed by atoms with Crippen LogP contribution in [0.25, 0.3) is 11.4 Å². The van der Waals surface area contributed by atoms with E-state index in [1.807, 2.05) is 13.1 Å². The van der Waals surface area contributed by atoms with Crippen LogP contribution in [0.1, 0.15) is 19.7 Å². The number of benzene rings is 1. The lowest BCUT2D eigenvalue weighted by Crippen LogP contribution is -1.97. The molecule has 0 bridgehead atoms. The van der Waals surface area contributed by atoms with Crippen molar-refractivity contribution in [2.75, 3.05) is 5.73 Å². The lowest BCUT2D eigenvalue weighted by molar-refractivity contribution is 0.478. The molecule has 0 amide bonds. The van der Waals surface area contributed by atoms with E-state index in [0.29, 0.717) is 11.6 Å². The molecule has 0 aliphatic heterocycles. The van der Waals surface area contributed by atoms with Crippen molar-refractivity contribution in [1.29, 1.82) is 0 Å². The summed E-state index contributed by atoms with van der Waals surface area (Å²) >= 11 is 0. The fourth-order valence-electron chi connectivity index (χ4n) is 1.82. The Morgan fingerprint density at radius 3 is 2.72 bits per heavy atom. The molecule has 0 aliphatic carbocycles. The first-order valence-corrected chi connectivity index (χ1v) is 5.96. The molecule has 0 radical (unpaired) electrons. The van der Waals surface area contributed by atoms with Crippen molar-refractivity contribution in [3.05, 3.63) is 24.0 Å². The number of phenols is 1. The van der Waals surface area contributed by atoms with Gasteiger partial charge in [0.1, 0.15) is 5.75 Å². The first-order chi connectivity index (χ1) is 8.47. The molecule has 0 aliphatic rings. The zero-order chi connectivity index (χ0) is 13.3. The first kappa shape index (κ1) is 12.4. The van der Waals surface area contributed by atoms with Crippen LogP contribution in [0.2, 0.25) is 0 Å². The number of anilines is 1. The number of rotatable bonds is 3. The highest BCUT2D eigenvalue weighted by Gasteiger charge is 2.11. The van der Waals surface area contributed by atoms with E-state index in [1.165, 1.54) is 0 Å². The molecule has 1 aromatic carbocycles. The Bertz CT molecular complexity index is 560. The Morgan fingerprint density at radius 1 is 1.39 bits per heavy atom. The van der Waals surface area contributed by atoms with E-state index < -0.39 is 0 Å². The number of aromatic hydroxyl groups is 1. The molecule has 3 N–H and O–H groups in total. The second-order valence-electron chi connectivity index (χ2n) is 4.85. The van der Waals surface area contributed by atoms with E-state index in [-0.39, 0.29) is 5.75 Å². The molecule has 1 aromatic heterocycles.